The quantitative estimate of drug-likeness (QED) is 0.548. The molecule has 1 fully saturated rings. The van der Waals surface area contributed by atoms with E-state index in [-0.39, 0.29) is 42.7 Å². The molecule has 7 nitrogen and oxygen atoms in total. The Bertz CT molecular complexity index is 789. The van der Waals surface area contributed by atoms with E-state index in [1.54, 1.807) is 25.3 Å². The van der Waals surface area contributed by atoms with E-state index in [1.807, 2.05) is 18.2 Å². The Morgan fingerprint density at radius 1 is 1.21 bits per heavy atom. The van der Waals surface area contributed by atoms with Crippen molar-refractivity contribution in [1.29, 1.82) is 0 Å². The molecule has 1 aromatic heterocycles. The summed E-state index contributed by atoms with van der Waals surface area (Å²) in [7, 11) is 0. The number of benzene rings is 1. The molecule has 2 aromatic rings. The van der Waals surface area contributed by atoms with Crippen LogP contribution in [0.15, 0.2) is 48.7 Å². The summed E-state index contributed by atoms with van der Waals surface area (Å²) >= 11 is 0. The van der Waals surface area contributed by atoms with E-state index in [2.05, 4.69) is 33.1 Å². The van der Waals surface area contributed by atoms with Crippen LogP contribution in [-0.4, -0.2) is 35.4 Å². The fourth-order valence-electron chi connectivity index (χ4n) is 3.18. The van der Waals surface area contributed by atoms with E-state index in [0.717, 1.165) is 18.5 Å². The van der Waals surface area contributed by atoms with Crippen LogP contribution >= 0.6 is 24.8 Å². The standard InChI is InChI=1S/C20H25N5O2.2ClH/c1-13(19(26)24-11-14-7-8-18(21)23-10-14)25-20(27)17-9-16(12-22-17)15-5-3-2-4-6-15;;/h2-8,10,13,16-17,22H,9,11-12H2,1H3,(H2,21,23)(H,24,26)(H,25,27);2*1H/t13-,16+,17+;;/m0../s1. The Kier molecular flexibility index (Phi) is 9.88. The Hall–Kier alpha value is -2.35. The molecule has 0 aliphatic carbocycles. The predicted molar refractivity (Wildman–Crippen MR) is 118 cm³/mol. The number of hydrogen-bond acceptors (Lipinski definition) is 5. The average Bonchev–Trinajstić information content (AvgIpc) is 3.18. The van der Waals surface area contributed by atoms with Crippen molar-refractivity contribution >= 4 is 42.4 Å². The van der Waals surface area contributed by atoms with E-state index in [0.29, 0.717) is 18.3 Å². The van der Waals surface area contributed by atoms with Gasteiger partial charge in [-0.25, -0.2) is 4.98 Å². The van der Waals surface area contributed by atoms with Gasteiger partial charge in [0.1, 0.15) is 11.9 Å². The van der Waals surface area contributed by atoms with Crippen LogP contribution in [0.4, 0.5) is 5.82 Å². The van der Waals surface area contributed by atoms with Crippen LogP contribution in [0.5, 0.6) is 0 Å². The largest absolute Gasteiger partial charge is 0.384 e. The number of nitrogens with one attached hydrogen (secondary N) is 3. The monoisotopic (exact) mass is 439 g/mol. The molecule has 0 radical (unpaired) electrons. The highest BCUT2D eigenvalue weighted by atomic mass is 35.5. The number of hydrogen-bond donors (Lipinski definition) is 4. The van der Waals surface area contributed by atoms with E-state index in [9.17, 15) is 9.59 Å². The first-order valence-electron chi connectivity index (χ1n) is 9.09. The van der Waals surface area contributed by atoms with Crippen LogP contribution in [0.25, 0.3) is 0 Å². The van der Waals surface area contributed by atoms with Crippen molar-refractivity contribution in [3.8, 4) is 0 Å². The van der Waals surface area contributed by atoms with Gasteiger partial charge in [0.05, 0.1) is 6.04 Å². The first kappa shape index (κ1) is 24.7. The highest BCUT2D eigenvalue weighted by Crippen LogP contribution is 2.25. The zero-order chi connectivity index (χ0) is 19.2. The first-order valence-corrected chi connectivity index (χ1v) is 9.09. The summed E-state index contributed by atoms with van der Waals surface area (Å²) in [6.45, 7) is 2.77. The Balaban J connectivity index is 0.00000210. The number of halogens is 2. The molecular formula is C20H27Cl2N5O2. The Labute approximate surface area is 183 Å². The van der Waals surface area contributed by atoms with Crippen LogP contribution in [0.1, 0.15) is 30.4 Å². The topological polar surface area (TPSA) is 109 Å². The first-order chi connectivity index (χ1) is 13.0. The second kappa shape index (κ2) is 11.6. The lowest BCUT2D eigenvalue weighted by molar-refractivity contribution is -0.129. The number of anilines is 1. The fourth-order valence-corrected chi connectivity index (χ4v) is 3.18. The summed E-state index contributed by atoms with van der Waals surface area (Å²) in [5.41, 5.74) is 7.61. The van der Waals surface area contributed by atoms with Crippen LogP contribution < -0.4 is 21.7 Å². The third-order valence-electron chi connectivity index (χ3n) is 4.78. The van der Waals surface area contributed by atoms with Gasteiger partial charge in [0.25, 0.3) is 0 Å². The average molecular weight is 440 g/mol. The van der Waals surface area contributed by atoms with Crippen molar-refractivity contribution in [2.45, 2.75) is 37.9 Å². The van der Waals surface area contributed by atoms with Crippen LogP contribution in [0.3, 0.4) is 0 Å². The lowest BCUT2D eigenvalue weighted by atomic mass is 9.96. The molecule has 29 heavy (non-hydrogen) atoms. The number of nitrogens with zero attached hydrogens (tertiary/aromatic N) is 1. The van der Waals surface area contributed by atoms with Gasteiger partial charge in [0.15, 0.2) is 0 Å². The summed E-state index contributed by atoms with van der Waals surface area (Å²) in [5.74, 6) is 0.357. The maximum Gasteiger partial charge on any atom is 0.242 e. The molecule has 1 aromatic carbocycles. The molecule has 158 valence electrons. The van der Waals surface area contributed by atoms with Gasteiger partial charge in [-0.05, 0) is 36.5 Å². The molecule has 1 saturated heterocycles. The third kappa shape index (κ3) is 6.88. The van der Waals surface area contributed by atoms with Crippen molar-refractivity contribution in [2.24, 2.45) is 0 Å². The fraction of sp³-hybridized carbons (Fsp3) is 0.350. The number of carbonyl (C=O) groups excluding carboxylic acids is 2. The number of carbonyl (C=O) groups is 2. The molecule has 1 aliphatic rings. The normalized spacial score (nSPS) is 18.7. The number of pyridine rings is 1. The molecule has 0 saturated carbocycles. The predicted octanol–water partition coefficient (Wildman–Crippen LogP) is 1.77. The maximum atomic E-state index is 12.5. The lowest BCUT2D eigenvalue weighted by Crippen LogP contribution is -2.49. The van der Waals surface area contributed by atoms with Crippen molar-refractivity contribution < 1.29 is 9.59 Å². The van der Waals surface area contributed by atoms with Gasteiger partial charge in [-0.1, -0.05) is 36.4 Å². The molecule has 2 heterocycles. The summed E-state index contributed by atoms with van der Waals surface area (Å²) in [5, 5.41) is 8.83. The van der Waals surface area contributed by atoms with E-state index >= 15 is 0 Å². The van der Waals surface area contributed by atoms with E-state index in [1.165, 1.54) is 5.56 Å². The van der Waals surface area contributed by atoms with Gasteiger partial charge in [0.2, 0.25) is 11.8 Å². The summed E-state index contributed by atoms with van der Waals surface area (Å²) in [6, 6.07) is 12.7. The number of nitrogen functional groups attached to an aromatic ring is 1. The van der Waals surface area contributed by atoms with E-state index < -0.39 is 6.04 Å². The minimum Gasteiger partial charge on any atom is -0.384 e. The molecule has 2 amide bonds. The van der Waals surface area contributed by atoms with E-state index in [4.69, 9.17) is 5.73 Å². The van der Waals surface area contributed by atoms with Crippen molar-refractivity contribution in [3.05, 3.63) is 59.8 Å². The Morgan fingerprint density at radius 2 is 1.93 bits per heavy atom. The minimum absolute atomic E-state index is 0. The lowest BCUT2D eigenvalue weighted by Gasteiger charge is -2.17. The molecule has 0 unspecified atom stereocenters. The molecular weight excluding hydrogens is 413 g/mol. The maximum absolute atomic E-state index is 12.5. The highest BCUT2D eigenvalue weighted by molar-refractivity contribution is 5.89. The molecule has 9 heteroatoms. The molecule has 5 N–H and O–H groups in total. The Morgan fingerprint density at radius 3 is 2.59 bits per heavy atom. The zero-order valence-corrected chi connectivity index (χ0v) is 17.8. The van der Waals surface area contributed by atoms with Gasteiger partial charge >= 0.3 is 0 Å². The summed E-state index contributed by atoms with van der Waals surface area (Å²) in [4.78, 5) is 28.7. The van der Waals surface area contributed by atoms with Gasteiger partial charge in [-0.3, -0.25) is 9.59 Å². The molecule has 0 bridgehead atoms. The van der Waals surface area contributed by atoms with Crippen LogP contribution in [0.2, 0.25) is 0 Å². The van der Waals surface area contributed by atoms with Crippen LogP contribution in [0, 0.1) is 0 Å². The SMILES string of the molecule is C[C@H](NC(=O)[C@H]1C[C@@H](c2ccccc2)CN1)C(=O)NCc1ccc(N)nc1.Cl.Cl. The minimum atomic E-state index is -0.614. The molecule has 1 aliphatic heterocycles. The molecule has 3 rings (SSSR count). The molecule has 3 atom stereocenters. The van der Waals surface area contributed by atoms with Crippen LogP contribution in [-0.2, 0) is 16.1 Å². The highest BCUT2D eigenvalue weighted by Gasteiger charge is 2.31. The number of aromatic nitrogens is 1. The second-order valence-electron chi connectivity index (χ2n) is 6.84. The van der Waals surface area contributed by atoms with Gasteiger partial charge in [-0.15, -0.1) is 24.8 Å². The summed E-state index contributed by atoms with van der Waals surface area (Å²) in [6.07, 6.45) is 2.34. The van der Waals surface area contributed by atoms with Crippen molar-refractivity contribution in [1.82, 2.24) is 20.9 Å². The van der Waals surface area contributed by atoms with Gasteiger partial charge in [-0.2, -0.15) is 0 Å². The van der Waals surface area contributed by atoms with Gasteiger partial charge in [0, 0.05) is 19.3 Å². The number of nitrogens with two attached hydrogens (primary N) is 1. The van der Waals surface area contributed by atoms with Gasteiger partial charge < -0.3 is 21.7 Å². The number of amides is 2. The van der Waals surface area contributed by atoms with Crippen molar-refractivity contribution in [3.63, 3.8) is 0 Å². The summed E-state index contributed by atoms with van der Waals surface area (Å²) < 4.78 is 0. The zero-order valence-electron chi connectivity index (χ0n) is 16.1. The molecule has 0 spiro atoms. The third-order valence-corrected chi connectivity index (χ3v) is 4.78. The second-order valence-corrected chi connectivity index (χ2v) is 6.84. The smallest absolute Gasteiger partial charge is 0.242 e. The number of rotatable bonds is 6. The van der Waals surface area contributed by atoms with Crippen molar-refractivity contribution in [2.75, 3.05) is 12.3 Å².